The molecule has 0 amide bonds. The van der Waals surface area contributed by atoms with Gasteiger partial charge in [-0.3, -0.25) is 0 Å². The highest BCUT2D eigenvalue weighted by Gasteiger charge is 2.07. The highest BCUT2D eigenvalue weighted by atomic mass is 35.5. The molecule has 3 heteroatoms. The predicted molar refractivity (Wildman–Crippen MR) is 37.4 cm³/mol. The Labute approximate surface area is 63.6 Å². The first kappa shape index (κ1) is 6.84. The van der Waals surface area contributed by atoms with Gasteiger partial charge in [0.05, 0.1) is 0 Å². The molecule has 0 aliphatic heterocycles. The smallest absolute Gasteiger partial charge is 0.212 e. The summed E-state index contributed by atoms with van der Waals surface area (Å²) in [7, 11) is 0. The largest absolute Gasteiger partial charge is 0.213 e. The minimum Gasteiger partial charge on any atom is -0.213 e. The van der Waals surface area contributed by atoms with Crippen LogP contribution in [0.25, 0.3) is 0 Å². The molecule has 0 radical (unpaired) electrons. The summed E-state index contributed by atoms with van der Waals surface area (Å²) in [5, 5.41) is 0. The number of nitrogens with one attached hydrogen (secondary N) is 1. The molecule has 0 fully saturated rings. The van der Waals surface area contributed by atoms with Crippen molar-refractivity contribution >= 4 is 23.2 Å². The third-order valence-electron chi connectivity index (χ3n) is 0.968. The highest BCUT2D eigenvalue weighted by Crippen LogP contribution is 2.19. The van der Waals surface area contributed by atoms with Crippen LogP contribution in [0.15, 0.2) is 24.4 Å². The molecule has 0 saturated carbocycles. The Morgan fingerprint density at radius 3 is 2.44 bits per heavy atom. The molecule has 0 aromatic carbocycles. The maximum atomic E-state index is 5.54. The van der Waals surface area contributed by atoms with E-state index in [4.69, 9.17) is 23.2 Å². The molecule has 1 heterocycles. The lowest BCUT2D eigenvalue weighted by molar-refractivity contribution is -0.388. The van der Waals surface area contributed by atoms with Crippen LogP contribution in [0.4, 0.5) is 0 Å². The van der Waals surface area contributed by atoms with Gasteiger partial charge in [0, 0.05) is 12.1 Å². The van der Waals surface area contributed by atoms with Crippen molar-refractivity contribution in [2.45, 2.75) is 4.84 Å². The van der Waals surface area contributed by atoms with Crippen molar-refractivity contribution in [2.24, 2.45) is 0 Å². The highest BCUT2D eigenvalue weighted by molar-refractivity contribution is 6.43. The van der Waals surface area contributed by atoms with Gasteiger partial charge in [-0.25, -0.2) is 4.98 Å². The number of hydrogen-bond donors (Lipinski definition) is 0. The summed E-state index contributed by atoms with van der Waals surface area (Å²) in [4.78, 5) is 2.45. The number of halogens is 2. The Bertz CT molecular complexity index is 174. The van der Waals surface area contributed by atoms with Gasteiger partial charge in [0.15, 0.2) is 11.0 Å². The van der Waals surface area contributed by atoms with Crippen molar-refractivity contribution in [2.75, 3.05) is 0 Å². The molecule has 48 valence electrons. The van der Waals surface area contributed by atoms with Crippen molar-refractivity contribution in [3.05, 3.63) is 30.1 Å². The summed E-state index contributed by atoms with van der Waals surface area (Å²) < 4.78 is 0. The average Bonchev–Trinajstić information content (AvgIpc) is 1.90. The summed E-state index contributed by atoms with van der Waals surface area (Å²) >= 11 is 11.1. The van der Waals surface area contributed by atoms with Crippen molar-refractivity contribution in [1.29, 1.82) is 0 Å². The molecule has 0 saturated heterocycles. The van der Waals surface area contributed by atoms with Gasteiger partial charge in [-0.1, -0.05) is 29.3 Å². The second-order valence-electron chi connectivity index (χ2n) is 1.62. The van der Waals surface area contributed by atoms with Crippen molar-refractivity contribution in [1.82, 2.24) is 0 Å². The quantitative estimate of drug-likeness (QED) is 0.562. The van der Waals surface area contributed by atoms with Crippen LogP contribution < -0.4 is 4.98 Å². The number of alkyl halides is 2. The van der Waals surface area contributed by atoms with Gasteiger partial charge in [0.25, 0.3) is 0 Å². The molecule has 1 nitrogen and oxygen atoms in total. The normalized spacial score (nSPS) is 10.1. The van der Waals surface area contributed by atoms with E-state index in [1.165, 1.54) is 0 Å². The van der Waals surface area contributed by atoms with Crippen molar-refractivity contribution in [3.63, 3.8) is 0 Å². The lowest BCUT2D eigenvalue weighted by Gasteiger charge is -1.89. The predicted octanol–water partition coefficient (Wildman–Crippen LogP) is 1.98. The van der Waals surface area contributed by atoms with Gasteiger partial charge in [-0.2, -0.15) is 0 Å². The van der Waals surface area contributed by atoms with Gasteiger partial charge in [-0.05, 0) is 0 Å². The number of aromatic amines is 1. The minimum atomic E-state index is -0.453. The van der Waals surface area contributed by atoms with Crippen LogP contribution in [-0.2, 0) is 0 Å². The Morgan fingerprint density at radius 2 is 2.11 bits per heavy atom. The van der Waals surface area contributed by atoms with Crippen molar-refractivity contribution in [3.8, 4) is 0 Å². The summed E-state index contributed by atoms with van der Waals surface area (Å²) in [5.74, 6) is 0. The van der Waals surface area contributed by atoms with Crippen molar-refractivity contribution < 1.29 is 4.98 Å². The molecule has 1 rings (SSSR count). The molecule has 0 aliphatic rings. The van der Waals surface area contributed by atoms with E-state index in [0.717, 1.165) is 5.69 Å². The SMILES string of the molecule is ClC(Cl)c1cccc[nH+]1. The molecule has 1 aromatic rings. The van der Waals surface area contributed by atoms with Crippen LogP contribution in [0.5, 0.6) is 0 Å². The van der Waals surface area contributed by atoms with Crippen LogP contribution in [-0.4, -0.2) is 0 Å². The lowest BCUT2D eigenvalue weighted by atomic mass is 10.4. The van der Waals surface area contributed by atoms with E-state index in [9.17, 15) is 0 Å². The Kier molecular flexibility index (Phi) is 2.31. The third-order valence-corrected chi connectivity index (χ3v) is 1.44. The van der Waals surface area contributed by atoms with Gasteiger partial charge < -0.3 is 0 Å². The number of hydrogen-bond acceptors (Lipinski definition) is 0. The maximum absolute atomic E-state index is 5.54. The van der Waals surface area contributed by atoms with E-state index in [1.807, 2.05) is 18.2 Å². The van der Waals surface area contributed by atoms with E-state index in [0.29, 0.717) is 0 Å². The monoisotopic (exact) mass is 162 g/mol. The Morgan fingerprint density at radius 1 is 1.33 bits per heavy atom. The van der Waals surface area contributed by atoms with Gasteiger partial charge in [0.1, 0.15) is 0 Å². The van der Waals surface area contributed by atoms with E-state index >= 15 is 0 Å². The maximum Gasteiger partial charge on any atom is 0.212 e. The second kappa shape index (κ2) is 3.04. The first-order valence-corrected chi connectivity index (χ1v) is 3.43. The van der Waals surface area contributed by atoms with Crippen LogP contribution >= 0.6 is 23.2 Å². The molecule has 0 unspecified atom stereocenters. The molecular formula is C6H6Cl2N+. The van der Waals surface area contributed by atoms with Crippen LogP contribution in [0.3, 0.4) is 0 Å². The summed E-state index contributed by atoms with van der Waals surface area (Å²) in [5.41, 5.74) is 0.820. The zero-order valence-electron chi connectivity index (χ0n) is 4.64. The summed E-state index contributed by atoms with van der Waals surface area (Å²) in [6.07, 6.45) is 1.78. The standard InChI is InChI=1S/C6H5Cl2N/c7-6(8)5-3-1-2-4-9-5/h1-4,6H/p+1. The number of aromatic nitrogens is 1. The van der Waals surface area contributed by atoms with E-state index in [-0.39, 0.29) is 0 Å². The molecule has 1 aromatic heterocycles. The molecular weight excluding hydrogens is 157 g/mol. The zero-order valence-corrected chi connectivity index (χ0v) is 6.15. The van der Waals surface area contributed by atoms with Gasteiger partial charge in [0.2, 0.25) is 5.69 Å². The van der Waals surface area contributed by atoms with E-state index < -0.39 is 4.84 Å². The minimum absolute atomic E-state index is 0.453. The fourth-order valence-electron chi connectivity index (χ4n) is 0.543. The van der Waals surface area contributed by atoms with Crippen LogP contribution in [0.2, 0.25) is 0 Å². The van der Waals surface area contributed by atoms with Gasteiger partial charge >= 0.3 is 0 Å². The first-order chi connectivity index (χ1) is 4.30. The number of rotatable bonds is 1. The van der Waals surface area contributed by atoms with Crippen LogP contribution in [0, 0.1) is 0 Å². The second-order valence-corrected chi connectivity index (χ2v) is 2.71. The number of pyridine rings is 1. The molecule has 1 N–H and O–H groups in total. The third kappa shape index (κ3) is 1.84. The topological polar surface area (TPSA) is 14.1 Å². The average molecular weight is 163 g/mol. The number of H-pyrrole nitrogens is 1. The van der Waals surface area contributed by atoms with Gasteiger partial charge in [-0.15, -0.1) is 0 Å². The zero-order chi connectivity index (χ0) is 6.69. The fourth-order valence-corrected chi connectivity index (χ4v) is 0.814. The molecule has 0 atom stereocenters. The molecule has 0 spiro atoms. The summed E-state index contributed by atoms with van der Waals surface area (Å²) in [6.45, 7) is 0. The van der Waals surface area contributed by atoms with E-state index in [1.54, 1.807) is 6.20 Å². The molecule has 9 heavy (non-hydrogen) atoms. The molecule has 0 bridgehead atoms. The van der Waals surface area contributed by atoms with E-state index in [2.05, 4.69) is 4.98 Å². The first-order valence-electron chi connectivity index (χ1n) is 2.55. The Balaban J connectivity index is 2.85. The summed E-state index contributed by atoms with van der Waals surface area (Å²) in [6, 6.07) is 5.59. The lowest BCUT2D eigenvalue weighted by Crippen LogP contribution is -2.07. The molecule has 0 aliphatic carbocycles. The Hall–Kier alpha value is -0.270. The fraction of sp³-hybridized carbons (Fsp3) is 0.167. The van der Waals surface area contributed by atoms with Crippen LogP contribution in [0.1, 0.15) is 10.5 Å².